The Hall–Kier alpha value is -3.53. The minimum Gasteiger partial charge on any atom is -0.493 e. The van der Waals surface area contributed by atoms with Gasteiger partial charge in [-0.1, -0.05) is 22.0 Å². The predicted octanol–water partition coefficient (Wildman–Crippen LogP) is 3.42. The molecule has 31 heavy (non-hydrogen) atoms. The molecule has 0 spiro atoms. The highest BCUT2D eigenvalue weighted by molar-refractivity contribution is 9.10. The lowest BCUT2D eigenvalue weighted by Gasteiger charge is -2.09. The number of aromatic amines is 1. The zero-order chi connectivity index (χ0) is 21.8. The third-order valence-corrected chi connectivity index (χ3v) is 5.14. The van der Waals surface area contributed by atoms with Crippen LogP contribution in [-0.2, 0) is 13.1 Å². The van der Waals surface area contributed by atoms with Gasteiger partial charge in [0.05, 0.1) is 26.5 Å². The van der Waals surface area contributed by atoms with E-state index in [-0.39, 0.29) is 5.56 Å². The van der Waals surface area contributed by atoms with Gasteiger partial charge in [0, 0.05) is 22.8 Å². The second-order valence-electron chi connectivity index (χ2n) is 6.70. The third-order valence-electron chi connectivity index (χ3n) is 4.61. The molecule has 0 amide bonds. The van der Waals surface area contributed by atoms with Gasteiger partial charge in [-0.2, -0.15) is 9.50 Å². The fourth-order valence-corrected chi connectivity index (χ4v) is 3.30. The molecule has 0 unspecified atom stereocenters. The molecule has 0 bridgehead atoms. The molecule has 2 heterocycles. The predicted molar refractivity (Wildman–Crippen MR) is 122 cm³/mol. The second kappa shape index (κ2) is 9.09. The van der Waals surface area contributed by atoms with Gasteiger partial charge in [0.1, 0.15) is 0 Å². The number of nitrogens with zero attached hydrogens (tertiary/aromatic N) is 3. The van der Waals surface area contributed by atoms with E-state index in [0.29, 0.717) is 42.0 Å². The number of H-pyrrole nitrogens is 1. The summed E-state index contributed by atoms with van der Waals surface area (Å²) in [5.74, 6) is 2.05. The number of ether oxygens (including phenoxy) is 2. The minimum absolute atomic E-state index is 0.232. The van der Waals surface area contributed by atoms with Gasteiger partial charge < -0.3 is 20.1 Å². The van der Waals surface area contributed by atoms with Crippen molar-refractivity contribution >= 4 is 33.3 Å². The van der Waals surface area contributed by atoms with Crippen molar-refractivity contribution < 1.29 is 9.47 Å². The van der Waals surface area contributed by atoms with E-state index in [1.54, 1.807) is 14.2 Å². The molecule has 9 nitrogen and oxygen atoms in total. The molecule has 0 aliphatic carbocycles. The highest BCUT2D eigenvalue weighted by Gasteiger charge is 2.09. The molecule has 0 aliphatic heterocycles. The molecular weight excluding hydrogens is 464 g/mol. The van der Waals surface area contributed by atoms with Crippen molar-refractivity contribution in [2.45, 2.75) is 13.1 Å². The monoisotopic (exact) mass is 484 g/mol. The van der Waals surface area contributed by atoms with Crippen molar-refractivity contribution in [3.8, 4) is 11.5 Å². The van der Waals surface area contributed by atoms with E-state index in [1.165, 1.54) is 10.6 Å². The largest absolute Gasteiger partial charge is 0.493 e. The van der Waals surface area contributed by atoms with Crippen molar-refractivity contribution in [2.24, 2.45) is 0 Å². The maximum atomic E-state index is 12.5. The standard InChI is InChI=1S/C21H21BrN6O3/c1-30-17-8-3-13(9-18(17)31-2)11-24-20-26-21-25-16(10-19(29)28(21)27-20)12-23-15-6-4-14(22)5-7-15/h3-10,23H,11-12H2,1-2H3,(H2,24,25,26,27). The fourth-order valence-electron chi connectivity index (χ4n) is 3.03. The van der Waals surface area contributed by atoms with Gasteiger partial charge in [-0.05, 0) is 42.0 Å². The number of aromatic nitrogens is 4. The highest BCUT2D eigenvalue weighted by Crippen LogP contribution is 2.27. The van der Waals surface area contributed by atoms with Crippen LogP contribution in [0.5, 0.6) is 11.5 Å². The first-order valence-electron chi connectivity index (χ1n) is 9.48. The summed E-state index contributed by atoms with van der Waals surface area (Å²) >= 11 is 3.41. The maximum absolute atomic E-state index is 12.5. The summed E-state index contributed by atoms with van der Waals surface area (Å²) < 4.78 is 12.9. The summed E-state index contributed by atoms with van der Waals surface area (Å²) in [6.45, 7) is 0.890. The van der Waals surface area contributed by atoms with Crippen LogP contribution < -0.4 is 25.7 Å². The Balaban J connectivity index is 1.47. The molecule has 0 fully saturated rings. The van der Waals surface area contributed by atoms with Crippen LogP contribution in [0, 0.1) is 0 Å². The SMILES string of the molecule is COc1ccc(CNc2nc3nc(CNc4ccc(Br)cc4)cc(=O)n3[nH]2)cc1OC. The van der Waals surface area contributed by atoms with Crippen molar-refractivity contribution in [1.29, 1.82) is 0 Å². The summed E-state index contributed by atoms with van der Waals surface area (Å²) in [4.78, 5) is 21.3. The van der Waals surface area contributed by atoms with Crippen LogP contribution in [-0.4, -0.2) is 33.8 Å². The van der Waals surface area contributed by atoms with Crippen LogP contribution in [0.15, 0.2) is 57.8 Å². The lowest BCUT2D eigenvalue weighted by atomic mass is 10.2. The molecular formula is C21H21BrN6O3. The van der Waals surface area contributed by atoms with Crippen LogP contribution in [0.3, 0.4) is 0 Å². The normalized spacial score (nSPS) is 10.8. The van der Waals surface area contributed by atoms with Gasteiger partial charge in [-0.25, -0.2) is 4.98 Å². The first-order valence-corrected chi connectivity index (χ1v) is 10.3. The molecule has 160 valence electrons. The Kier molecular flexibility index (Phi) is 6.08. The van der Waals surface area contributed by atoms with Gasteiger partial charge in [0.2, 0.25) is 5.95 Å². The van der Waals surface area contributed by atoms with Crippen LogP contribution >= 0.6 is 15.9 Å². The molecule has 4 aromatic rings. The average molecular weight is 485 g/mol. The second-order valence-corrected chi connectivity index (χ2v) is 7.61. The lowest BCUT2D eigenvalue weighted by molar-refractivity contribution is 0.354. The number of anilines is 2. The van der Waals surface area contributed by atoms with Crippen LogP contribution in [0.4, 0.5) is 11.6 Å². The smallest absolute Gasteiger partial charge is 0.274 e. The lowest BCUT2D eigenvalue weighted by Crippen LogP contribution is -2.17. The van der Waals surface area contributed by atoms with E-state index in [9.17, 15) is 4.79 Å². The minimum atomic E-state index is -0.232. The zero-order valence-corrected chi connectivity index (χ0v) is 18.6. The molecule has 4 rings (SSSR count). The van der Waals surface area contributed by atoms with E-state index in [1.807, 2.05) is 42.5 Å². The van der Waals surface area contributed by atoms with Crippen molar-refractivity contribution in [3.05, 3.63) is 74.6 Å². The summed E-state index contributed by atoms with van der Waals surface area (Å²) in [7, 11) is 3.19. The summed E-state index contributed by atoms with van der Waals surface area (Å²) in [6.07, 6.45) is 0. The van der Waals surface area contributed by atoms with Crippen molar-refractivity contribution in [1.82, 2.24) is 19.6 Å². The molecule has 0 saturated heterocycles. The van der Waals surface area contributed by atoms with Gasteiger partial charge in [-0.3, -0.25) is 9.89 Å². The third kappa shape index (κ3) is 4.80. The summed E-state index contributed by atoms with van der Waals surface area (Å²) in [5.41, 5.74) is 2.28. The summed E-state index contributed by atoms with van der Waals surface area (Å²) in [5, 5.41) is 9.34. The van der Waals surface area contributed by atoms with Crippen molar-refractivity contribution in [2.75, 3.05) is 24.9 Å². The van der Waals surface area contributed by atoms with Crippen LogP contribution in [0.25, 0.3) is 5.78 Å². The first kappa shape index (κ1) is 20.7. The number of hydrogen-bond donors (Lipinski definition) is 3. The highest BCUT2D eigenvalue weighted by atomic mass is 79.9. The van der Waals surface area contributed by atoms with Crippen LogP contribution in [0.2, 0.25) is 0 Å². The van der Waals surface area contributed by atoms with Crippen molar-refractivity contribution in [3.63, 3.8) is 0 Å². The van der Waals surface area contributed by atoms with E-state index < -0.39 is 0 Å². The quantitative estimate of drug-likeness (QED) is 0.351. The molecule has 0 saturated carbocycles. The number of hydrogen-bond acceptors (Lipinski definition) is 7. The van der Waals surface area contributed by atoms with Gasteiger partial charge >= 0.3 is 0 Å². The maximum Gasteiger partial charge on any atom is 0.274 e. The van der Waals surface area contributed by atoms with E-state index in [2.05, 4.69) is 41.6 Å². The Bertz CT molecular complexity index is 1250. The molecule has 0 atom stereocenters. The number of rotatable bonds is 8. The number of nitrogens with one attached hydrogen (secondary N) is 3. The molecule has 10 heteroatoms. The Morgan fingerprint density at radius 1 is 0.968 bits per heavy atom. The average Bonchev–Trinajstić information content (AvgIpc) is 3.20. The van der Waals surface area contributed by atoms with E-state index >= 15 is 0 Å². The van der Waals surface area contributed by atoms with Crippen LogP contribution in [0.1, 0.15) is 11.3 Å². The number of methoxy groups -OCH3 is 2. The number of benzene rings is 2. The fraction of sp³-hybridized carbons (Fsp3) is 0.190. The molecule has 0 radical (unpaired) electrons. The van der Waals surface area contributed by atoms with Gasteiger partial charge in [-0.15, -0.1) is 0 Å². The Labute approximate surface area is 186 Å². The molecule has 0 aliphatic rings. The Morgan fingerprint density at radius 3 is 2.48 bits per heavy atom. The number of halogens is 1. The molecule has 2 aromatic carbocycles. The van der Waals surface area contributed by atoms with Gasteiger partial charge in [0.15, 0.2) is 11.5 Å². The van der Waals surface area contributed by atoms with E-state index in [4.69, 9.17) is 9.47 Å². The first-order chi connectivity index (χ1) is 15.1. The van der Waals surface area contributed by atoms with E-state index in [0.717, 1.165) is 15.7 Å². The Morgan fingerprint density at radius 2 is 1.74 bits per heavy atom. The zero-order valence-electron chi connectivity index (χ0n) is 17.0. The molecule has 3 N–H and O–H groups in total. The summed E-state index contributed by atoms with van der Waals surface area (Å²) in [6, 6.07) is 14.9. The van der Waals surface area contributed by atoms with Gasteiger partial charge in [0.25, 0.3) is 11.3 Å². The number of fused-ring (bicyclic) bond motifs is 1. The molecule has 2 aromatic heterocycles. The topological polar surface area (TPSA) is 106 Å².